The quantitative estimate of drug-likeness (QED) is 0.698. The van der Waals surface area contributed by atoms with Crippen LogP contribution in [0.25, 0.3) is 11.1 Å². The zero-order valence-corrected chi connectivity index (χ0v) is 12.4. The molecule has 1 aromatic heterocycles. The van der Waals surface area contributed by atoms with Gasteiger partial charge < -0.3 is 4.90 Å². The molecule has 0 bridgehead atoms. The molecule has 0 fully saturated rings. The maximum Gasteiger partial charge on any atom is 0.0432 e. The Balaban J connectivity index is 1.57. The average Bonchev–Trinajstić information content (AvgIpc) is 2.62. The monoisotopic (exact) mass is 286 g/mol. The van der Waals surface area contributed by atoms with E-state index in [9.17, 15) is 0 Å². The number of fused-ring (bicyclic) bond motifs is 1. The van der Waals surface area contributed by atoms with Crippen molar-refractivity contribution in [2.75, 3.05) is 11.4 Å². The second kappa shape index (κ2) is 5.64. The third-order valence-corrected chi connectivity index (χ3v) is 4.38. The van der Waals surface area contributed by atoms with E-state index in [-0.39, 0.29) is 0 Å². The molecule has 0 saturated heterocycles. The molecule has 2 heterocycles. The minimum absolute atomic E-state index is 1.00. The Labute approximate surface area is 131 Å². The molecule has 1 aliphatic rings. The molecule has 0 aliphatic carbocycles. The summed E-state index contributed by atoms with van der Waals surface area (Å²) in [6.45, 7) is 2.09. The fraction of sp³-hybridized carbons (Fsp3) is 0.150. The van der Waals surface area contributed by atoms with Crippen molar-refractivity contribution in [2.45, 2.75) is 13.0 Å². The van der Waals surface area contributed by atoms with E-state index in [1.54, 1.807) is 0 Å². The summed E-state index contributed by atoms with van der Waals surface area (Å²) in [5.41, 5.74) is 6.69. The predicted molar refractivity (Wildman–Crippen MR) is 90.9 cm³/mol. The van der Waals surface area contributed by atoms with Gasteiger partial charge in [-0.3, -0.25) is 4.98 Å². The summed E-state index contributed by atoms with van der Waals surface area (Å²) in [7, 11) is 0. The second-order valence-corrected chi connectivity index (χ2v) is 5.72. The molecule has 3 aromatic rings. The van der Waals surface area contributed by atoms with Crippen LogP contribution in [0.2, 0.25) is 0 Å². The van der Waals surface area contributed by atoms with Gasteiger partial charge >= 0.3 is 0 Å². The lowest BCUT2D eigenvalue weighted by Crippen LogP contribution is -2.30. The van der Waals surface area contributed by atoms with Gasteiger partial charge in [-0.05, 0) is 52.9 Å². The summed E-state index contributed by atoms with van der Waals surface area (Å²) in [6, 6.07) is 21.7. The van der Waals surface area contributed by atoms with Gasteiger partial charge in [0, 0.05) is 31.2 Å². The number of benzene rings is 2. The van der Waals surface area contributed by atoms with Crippen molar-refractivity contribution < 1.29 is 0 Å². The minimum Gasteiger partial charge on any atom is -0.367 e. The molecule has 0 radical (unpaired) electrons. The summed E-state index contributed by atoms with van der Waals surface area (Å²) in [5, 5.41) is 0. The Kier molecular flexibility index (Phi) is 3.36. The van der Waals surface area contributed by atoms with Crippen LogP contribution in [0, 0.1) is 0 Å². The van der Waals surface area contributed by atoms with Gasteiger partial charge in [-0.15, -0.1) is 0 Å². The number of rotatable bonds is 2. The molecular formula is C20H18N2. The van der Waals surface area contributed by atoms with Crippen LogP contribution >= 0.6 is 0 Å². The van der Waals surface area contributed by atoms with Crippen molar-refractivity contribution in [1.29, 1.82) is 0 Å². The number of aromatic nitrogens is 1. The normalized spacial score (nSPS) is 13.7. The van der Waals surface area contributed by atoms with Gasteiger partial charge in [-0.2, -0.15) is 0 Å². The van der Waals surface area contributed by atoms with Crippen LogP contribution in [0.15, 0.2) is 73.1 Å². The highest BCUT2D eigenvalue weighted by Gasteiger charge is 2.15. The minimum atomic E-state index is 1.00. The highest BCUT2D eigenvalue weighted by molar-refractivity contribution is 5.66. The first-order valence-corrected chi connectivity index (χ1v) is 7.72. The van der Waals surface area contributed by atoms with E-state index in [1.165, 1.54) is 27.9 Å². The summed E-state index contributed by atoms with van der Waals surface area (Å²) in [4.78, 5) is 6.53. The molecule has 0 spiro atoms. The van der Waals surface area contributed by atoms with Crippen molar-refractivity contribution in [2.24, 2.45) is 0 Å². The van der Waals surface area contributed by atoms with E-state index in [0.29, 0.717) is 0 Å². The van der Waals surface area contributed by atoms with Crippen LogP contribution in [0.4, 0.5) is 5.69 Å². The topological polar surface area (TPSA) is 16.1 Å². The van der Waals surface area contributed by atoms with Gasteiger partial charge in [0.25, 0.3) is 0 Å². The van der Waals surface area contributed by atoms with E-state index in [0.717, 1.165) is 19.5 Å². The van der Waals surface area contributed by atoms with Crippen molar-refractivity contribution in [3.63, 3.8) is 0 Å². The first kappa shape index (κ1) is 13.1. The molecule has 4 rings (SSSR count). The van der Waals surface area contributed by atoms with E-state index in [2.05, 4.69) is 58.4 Å². The fourth-order valence-corrected chi connectivity index (χ4v) is 3.13. The highest BCUT2D eigenvalue weighted by Crippen LogP contribution is 2.27. The largest absolute Gasteiger partial charge is 0.367 e. The van der Waals surface area contributed by atoms with Gasteiger partial charge in [-0.25, -0.2) is 0 Å². The second-order valence-electron chi connectivity index (χ2n) is 5.72. The number of hydrogen-bond acceptors (Lipinski definition) is 2. The Bertz CT molecular complexity index is 763. The molecule has 0 amide bonds. The maximum absolute atomic E-state index is 4.07. The molecule has 22 heavy (non-hydrogen) atoms. The summed E-state index contributed by atoms with van der Waals surface area (Å²) >= 11 is 0. The number of anilines is 1. The molecule has 0 N–H and O–H groups in total. The third-order valence-electron chi connectivity index (χ3n) is 4.38. The first-order valence-electron chi connectivity index (χ1n) is 7.72. The lowest BCUT2D eigenvalue weighted by Gasteiger charge is -2.30. The van der Waals surface area contributed by atoms with Crippen molar-refractivity contribution in [3.8, 4) is 11.1 Å². The number of pyridine rings is 1. The predicted octanol–water partition coefficient (Wildman–Crippen LogP) is 4.31. The van der Waals surface area contributed by atoms with Crippen LogP contribution in [0.5, 0.6) is 0 Å². The summed E-state index contributed by atoms with van der Waals surface area (Å²) in [6.07, 6.45) is 4.80. The Morgan fingerprint density at radius 2 is 1.41 bits per heavy atom. The van der Waals surface area contributed by atoms with E-state index < -0.39 is 0 Å². The molecule has 0 saturated carbocycles. The number of nitrogens with zero attached hydrogens (tertiary/aromatic N) is 2. The highest BCUT2D eigenvalue weighted by atomic mass is 15.1. The van der Waals surface area contributed by atoms with Gasteiger partial charge in [-0.1, -0.05) is 36.4 Å². The van der Waals surface area contributed by atoms with Gasteiger partial charge in [0.05, 0.1) is 0 Å². The van der Waals surface area contributed by atoms with Crippen LogP contribution in [0.3, 0.4) is 0 Å². The van der Waals surface area contributed by atoms with Crippen molar-refractivity contribution in [3.05, 3.63) is 84.2 Å². The lowest BCUT2D eigenvalue weighted by molar-refractivity contribution is 0.732. The van der Waals surface area contributed by atoms with E-state index >= 15 is 0 Å². The Morgan fingerprint density at radius 3 is 2.18 bits per heavy atom. The zero-order valence-electron chi connectivity index (χ0n) is 12.4. The average molecular weight is 286 g/mol. The van der Waals surface area contributed by atoms with E-state index in [4.69, 9.17) is 0 Å². The number of hydrogen-bond donors (Lipinski definition) is 0. The van der Waals surface area contributed by atoms with Crippen LogP contribution in [0.1, 0.15) is 11.1 Å². The zero-order chi connectivity index (χ0) is 14.8. The Hall–Kier alpha value is -2.61. The molecule has 108 valence electrons. The summed E-state index contributed by atoms with van der Waals surface area (Å²) < 4.78 is 0. The van der Waals surface area contributed by atoms with Crippen LogP contribution < -0.4 is 4.90 Å². The smallest absolute Gasteiger partial charge is 0.0432 e. The molecular weight excluding hydrogens is 268 g/mol. The van der Waals surface area contributed by atoms with Gasteiger partial charge in [0.2, 0.25) is 0 Å². The van der Waals surface area contributed by atoms with Crippen molar-refractivity contribution in [1.82, 2.24) is 4.98 Å². The van der Waals surface area contributed by atoms with E-state index in [1.807, 2.05) is 24.5 Å². The van der Waals surface area contributed by atoms with Crippen LogP contribution in [-0.4, -0.2) is 11.5 Å². The molecule has 0 unspecified atom stereocenters. The Morgan fingerprint density at radius 1 is 0.727 bits per heavy atom. The maximum atomic E-state index is 4.07. The molecule has 0 atom stereocenters. The fourth-order valence-electron chi connectivity index (χ4n) is 3.13. The molecule has 1 aliphatic heterocycles. The standard InChI is InChI=1S/C20H18N2/c1-2-4-19-15-22(14-11-16(19)3-1)20-7-5-17(6-8-20)18-9-12-21-13-10-18/h1-10,12-13H,11,14-15H2. The van der Waals surface area contributed by atoms with Gasteiger partial charge in [0.1, 0.15) is 0 Å². The SMILES string of the molecule is c1ccc2c(c1)CCN(c1ccc(-c3ccncc3)cc1)C2. The van der Waals surface area contributed by atoms with Gasteiger partial charge in [0.15, 0.2) is 0 Å². The summed E-state index contributed by atoms with van der Waals surface area (Å²) in [5.74, 6) is 0. The first-order chi connectivity index (χ1) is 10.9. The molecule has 2 heteroatoms. The third kappa shape index (κ3) is 2.48. The van der Waals surface area contributed by atoms with Crippen LogP contribution in [-0.2, 0) is 13.0 Å². The molecule has 2 aromatic carbocycles. The molecule has 2 nitrogen and oxygen atoms in total. The van der Waals surface area contributed by atoms with Crippen molar-refractivity contribution >= 4 is 5.69 Å². The lowest BCUT2D eigenvalue weighted by atomic mass is 9.99.